The number of urea groups is 1. The summed E-state index contributed by atoms with van der Waals surface area (Å²) in [5, 5.41) is 2.76. The molecule has 2 aromatic rings. The minimum atomic E-state index is -0.413. The first-order valence-corrected chi connectivity index (χ1v) is 10.1. The van der Waals surface area contributed by atoms with E-state index in [2.05, 4.69) is 12.2 Å². The zero-order valence-electron chi connectivity index (χ0n) is 17.5. The molecule has 0 saturated heterocycles. The van der Waals surface area contributed by atoms with Gasteiger partial charge in [-0.25, -0.2) is 9.18 Å². The lowest BCUT2D eigenvalue weighted by Gasteiger charge is -2.38. The number of amides is 2. The summed E-state index contributed by atoms with van der Waals surface area (Å²) in [5.74, 6) is 1.05. The molecular weight excluding hydrogens is 371 g/mol. The van der Waals surface area contributed by atoms with Crippen molar-refractivity contribution in [2.75, 3.05) is 26.1 Å². The van der Waals surface area contributed by atoms with Crippen LogP contribution >= 0.6 is 0 Å². The van der Waals surface area contributed by atoms with E-state index in [0.29, 0.717) is 18.7 Å². The Morgan fingerprint density at radius 1 is 1.21 bits per heavy atom. The maximum atomic E-state index is 14.4. The van der Waals surface area contributed by atoms with Crippen LogP contribution in [0.15, 0.2) is 30.3 Å². The normalized spacial score (nSPS) is 15.6. The highest BCUT2D eigenvalue weighted by Crippen LogP contribution is 2.41. The molecule has 5 nitrogen and oxygen atoms in total. The van der Waals surface area contributed by atoms with Gasteiger partial charge in [-0.05, 0) is 48.6 Å². The second-order valence-corrected chi connectivity index (χ2v) is 7.25. The molecule has 2 amide bonds. The Kier molecular flexibility index (Phi) is 6.62. The van der Waals surface area contributed by atoms with Gasteiger partial charge in [0.25, 0.3) is 0 Å². The highest BCUT2D eigenvalue weighted by atomic mass is 19.1. The van der Waals surface area contributed by atoms with Gasteiger partial charge in [-0.3, -0.25) is 0 Å². The Morgan fingerprint density at radius 2 is 2.00 bits per heavy atom. The van der Waals surface area contributed by atoms with E-state index in [1.165, 1.54) is 6.07 Å². The largest absolute Gasteiger partial charge is 0.497 e. The van der Waals surface area contributed by atoms with Crippen molar-refractivity contribution in [3.63, 3.8) is 0 Å². The molecule has 3 rings (SSSR count). The van der Waals surface area contributed by atoms with Crippen molar-refractivity contribution in [3.05, 3.63) is 52.8 Å². The molecule has 1 aliphatic heterocycles. The zero-order valence-corrected chi connectivity index (χ0v) is 17.5. The molecule has 0 aliphatic carbocycles. The molecule has 2 aromatic carbocycles. The average molecular weight is 400 g/mol. The van der Waals surface area contributed by atoms with Crippen molar-refractivity contribution in [1.29, 1.82) is 0 Å². The van der Waals surface area contributed by atoms with E-state index < -0.39 is 5.82 Å². The van der Waals surface area contributed by atoms with Crippen molar-refractivity contribution >= 4 is 11.7 Å². The predicted molar refractivity (Wildman–Crippen MR) is 112 cm³/mol. The van der Waals surface area contributed by atoms with Crippen LogP contribution in [0.4, 0.5) is 14.9 Å². The predicted octanol–water partition coefficient (Wildman–Crippen LogP) is 5.34. The topological polar surface area (TPSA) is 50.8 Å². The SMILES string of the molecule is CCCC1c2c(cc(OC)cc2OC)CCN1C(=O)Nc1ccc(CC)cc1F. The fraction of sp³-hybridized carbons (Fsp3) is 0.435. The minimum Gasteiger partial charge on any atom is -0.497 e. The lowest BCUT2D eigenvalue weighted by molar-refractivity contribution is 0.175. The number of ether oxygens (including phenoxy) is 2. The molecule has 1 N–H and O–H groups in total. The third-order valence-corrected chi connectivity index (χ3v) is 5.49. The van der Waals surface area contributed by atoms with Crippen LogP contribution in [-0.2, 0) is 12.8 Å². The van der Waals surface area contributed by atoms with Crippen LogP contribution in [-0.4, -0.2) is 31.7 Å². The van der Waals surface area contributed by atoms with Crippen LogP contribution in [0.1, 0.15) is 49.4 Å². The van der Waals surface area contributed by atoms with Crippen LogP contribution < -0.4 is 14.8 Å². The molecule has 0 spiro atoms. The number of halogens is 1. The number of hydrogen-bond donors (Lipinski definition) is 1. The molecule has 0 saturated carbocycles. The molecular formula is C23H29FN2O3. The van der Waals surface area contributed by atoms with Gasteiger partial charge < -0.3 is 19.7 Å². The van der Waals surface area contributed by atoms with Gasteiger partial charge in [0.1, 0.15) is 17.3 Å². The Morgan fingerprint density at radius 3 is 2.62 bits per heavy atom. The second-order valence-electron chi connectivity index (χ2n) is 7.25. The molecule has 29 heavy (non-hydrogen) atoms. The van der Waals surface area contributed by atoms with Gasteiger partial charge in [0.05, 0.1) is 25.9 Å². The third kappa shape index (κ3) is 4.31. The average Bonchev–Trinajstić information content (AvgIpc) is 2.74. The Labute approximate surface area is 171 Å². The number of methoxy groups -OCH3 is 2. The van der Waals surface area contributed by atoms with E-state index in [0.717, 1.165) is 41.7 Å². The Balaban J connectivity index is 1.91. The van der Waals surface area contributed by atoms with Crippen molar-refractivity contribution < 1.29 is 18.7 Å². The summed E-state index contributed by atoms with van der Waals surface area (Å²) in [6.07, 6.45) is 3.13. The lowest BCUT2D eigenvalue weighted by Crippen LogP contribution is -2.42. The lowest BCUT2D eigenvalue weighted by atomic mass is 9.89. The number of carbonyl (C=O) groups is 1. The van der Waals surface area contributed by atoms with Crippen molar-refractivity contribution in [3.8, 4) is 11.5 Å². The first kappa shape index (κ1) is 21.0. The number of nitrogens with one attached hydrogen (secondary N) is 1. The van der Waals surface area contributed by atoms with Gasteiger partial charge in [-0.2, -0.15) is 0 Å². The molecule has 0 bridgehead atoms. The van der Waals surface area contributed by atoms with Crippen LogP contribution in [0.2, 0.25) is 0 Å². The van der Waals surface area contributed by atoms with Gasteiger partial charge >= 0.3 is 6.03 Å². The van der Waals surface area contributed by atoms with Crippen molar-refractivity contribution in [2.45, 2.75) is 45.6 Å². The third-order valence-electron chi connectivity index (χ3n) is 5.49. The highest BCUT2D eigenvalue weighted by molar-refractivity contribution is 5.90. The minimum absolute atomic E-state index is 0.136. The van der Waals surface area contributed by atoms with Crippen molar-refractivity contribution in [1.82, 2.24) is 4.90 Å². The van der Waals surface area contributed by atoms with Gasteiger partial charge in [-0.15, -0.1) is 0 Å². The number of benzene rings is 2. The van der Waals surface area contributed by atoms with E-state index in [1.54, 1.807) is 25.2 Å². The first-order chi connectivity index (χ1) is 14.0. The number of nitrogens with zero attached hydrogens (tertiary/aromatic N) is 1. The molecule has 1 unspecified atom stereocenters. The van der Waals surface area contributed by atoms with Gasteiger partial charge in [-0.1, -0.05) is 26.3 Å². The van der Waals surface area contributed by atoms with Crippen LogP contribution in [0.5, 0.6) is 11.5 Å². The summed E-state index contributed by atoms with van der Waals surface area (Å²) in [5.41, 5.74) is 3.24. The smallest absolute Gasteiger partial charge is 0.322 e. The Hall–Kier alpha value is -2.76. The van der Waals surface area contributed by atoms with Gasteiger partial charge in [0.15, 0.2) is 0 Å². The molecule has 0 radical (unpaired) electrons. The number of anilines is 1. The second kappa shape index (κ2) is 9.16. The fourth-order valence-corrected chi connectivity index (χ4v) is 3.96. The van der Waals surface area contributed by atoms with Crippen LogP contribution in [0.25, 0.3) is 0 Å². The summed E-state index contributed by atoms with van der Waals surface area (Å²) in [6.45, 7) is 4.61. The zero-order chi connectivity index (χ0) is 21.0. The standard InChI is InChI=1S/C23H29FN2O3/c1-5-7-20-22-16(13-17(28-3)14-21(22)29-4)10-11-26(20)23(27)25-19-9-8-15(6-2)12-18(19)24/h8-9,12-14,20H,5-7,10-11H2,1-4H3,(H,25,27). The van der Waals surface area contributed by atoms with Crippen molar-refractivity contribution in [2.24, 2.45) is 0 Å². The first-order valence-electron chi connectivity index (χ1n) is 10.1. The monoisotopic (exact) mass is 400 g/mol. The molecule has 1 heterocycles. The fourth-order valence-electron chi connectivity index (χ4n) is 3.96. The Bertz CT molecular complexity index is 867. The number of hydrogen-bond acceptors (Lipinski definition) is 3. The number of aryl methyl sites for hydroxylation is 1. The van der Waals surface area contributed by atoms with Gasteiger partial charge in [0.2, 0.25) is 0 Å². The molecule has 1 atom stereocenters. The molecule has 1 aliphatic rings. The summed E-state index contributed by atoms with van der Waals surface area (Å²) < 4.78 is 25.4. The molecule has 6 heteroatoms. The van der Waals surface area contributed by atoms with Crippen LogP contribution in [0, 0.1) is 5.82 Å². The van der Waals surface area contributed by atoms with E-state index in [1.807, 2.05) is 25.1 Å². The molecule has 0 aromatic heterocycles. The number of fused-ring (bicyclic) bond motifs is 1. The van der Waals surface area contributed by atoms with E-state index in [9.17, 15) is 9.18 Å². The molecule has 156 valence electrons. The van der Waals surface area contributed by atoms with E-state index in [-0.39, 0.29) is 17.8 Å². The summed E-state index contributed by atoms with van der Waals surface area (Å²) >= 11 is 0. The molecule has 0 fully saturated rings. The summed E-state index contributed by atoms with van der Waals surface area (Å²) in [7, 11) is 3.26. The maximum Gasteiger partial charge on any atom is 0.322 e. The highest BCUT2D eigenvalue weighted by Gasteiger charge is 2.33. The maximum absolute atomic E-state index is 14.4. The number of carbonyl (C=O) groups excluding carboxylic acids is 1. The summed E-state index contributed by atoms with van der Waals surface area (Å²) in [6, 6.07) is 8.37. The van der Waals surface area contributed by atoms with E-state index in [4.69, 9.17) is 9.47 Å². The quantitative estimate of drug-likeness (QED) is 0.712. The van der Waals surface area contributed by atoms with E-state index >= 15 is 0 Å². The summed E-state index contributed by atoms with van der Waals surface area (Å²) in [4.78, 5) is 14.9. The van der Waals surface area contributed by atoms with Gasteiger partial charge in [0, 0.05) is 18.2 Å². The van der Waals surface area contributed by atoms with Crippen LogP contribution in [0.3, 0.4) is 0 Å². The number of rotatable bonds is 6.